The molecule has 0 spiro atoms. The summed E-state index contributed by atoms with van der Waals surface area (Å²) < 4.78 is 19.5. The lowest BCUT2D eigenvalue weighted by atomic mass is 9.89. The van der Waals surface area contributed by atoms with E-state index < -0.39 is 0 Å². The van der Waals surface area contributed by atoms with Crippen molar-refractivity contribution in [1.82, 2.24) is 0 Å². The maximum absolute atomic E-state index is 14.7. The Hall–Kier alpha value is -2.20. The fourth-order valence-corrected chi connectivity index (χ4v) is 5.31. The van der Waals surface area contributed by atoms with E-state index in [2.05, 4.69) is 37.8 Å². The van der Waals surface area contributed by atoms with Crippen LogP contribution < -0.4 is 0 Å². The Bertz CT molecular complexity index is 923. The molecule has 0 N–H and O–H groups in total. The molecule has 0 radical (unpaired) electrons. The zero-order valence-corrected chi connectivity index (χ0v) is 19.5. The van der Waals surface area contributed by atoms with Gasteiger partial charge in [-0.15, -0.1) is 11.3 Å². The molecule has 1 aromatic carbocycles. The number of aryl methyl sites for hydroxylation is 1. The van der Waals surface area contributed by atoms with E-state index in [4.69, 9.17) is 4.74 Å². The van der Waals surface area contributed by atoms with Crippen molar-refractivity contribution in [3.05, 3.63) is 69.7 Å². The second-order valence-electron chi connectivity index (χ2n) is 8.34. The first-order valence-corrected chi connectivity index (χ1v) is 12.2. The van der Waals surface area contributed by atoms with Crippen molar-refractivity contribution in [2.24, 2.45) is 5.92 Å². The molecule has 31 heavy (non-hydrogen) atoms. The lowest BCUT2D eigenvalue weighted by Crippen LogP contribution is -2.00. The normalized spacial score (nSPS) is 16.0. The minimum absolute atomic E-state index is 0.0450. The molecule has 0 bridgehead atoms. The van der Waals surface area contributed by atoms with Gasteiger partial charge >= 0.3 is 5.97 Å². The summed E-state index contributed by atoms with van der Waals surface area (Å²) in [6.45, 7) is 6.43. The molecule has 0 aliphatic heterocycles. The van der Waals surface area contributed by atoms with E-state index in [0.717, 1.165) is 48.8 Å². The summed E-state index contributed by atoms with van der Waals surface area (Å²) in [5.41, 5.74) is 4.23. The van der Waals surface area contributed by atoms with Crippen LogP contribution in [-0.4, -0.2) is 13.1 Å². The Balaban J connectivity index is 1.58. The molecule has 2 nitrogen and oxygen atoms in total. The highest BCUT2D eigenvalue weighted by Gasteiger charge is 2.26. The molecule has 1 aliphatic rings. The molecule has 1 aromatic heterocycles. The molecule has 0 amide bonds. The van der Waals surface area contributed by atoms with Crippen LogP contribution in [0.15, 0.2) is 48.8 Å². The highest BCUT2D eigenvalue weighted by atomic mass is 32.1. The molecule has 3 rings (SSSR count). The minimum atomic E-state index is -0.282. The number of thiophene rings is 1. The molecule has 166 valence electrons. The molecule has 4 heteroatoms. The van der Waals surface area contributed by atoms with Crippen molar-refractivity contribution in [3.8, 4) is 0 Å². The van der Waals surface area contributed by atoms with Gasteiger partial charge in [-0.25, -0.2) is 9.18 Å². The molecule has 1 heterocycles. The number of ether oxygens (including phenoxy) is 1. The molecule has 0 fully saturated rings. The van der Waals surface area contributed by atoms with Crippen LogP contribution in [0.1, 0.15) is 84.0 Å². The zero-order valence-electron chi connectivity index (χ0n) is 18.7. The summed E-state index contributed by atoms with van der Waals surface area (Å²) in [6, 6.07) is 12.1. The number of allylic oxidation sites excluding steroid dienone is 3. The maximum Gasteiger partial charge on any atom is 0.348 e. The molecular formula is C27H33FO2S. The average Bonchev–Trinajstić information content (AvgIpc) is 3.40. The largest absolute Gasteiger partial charge is 0.465 e. The summed E-state index contributed by atoms with van der Waals surface area (Å²) in [7, 11) is 1.40. The average molecular weight is 441 g/mol. The van der Waals surface area contributed by atoms with Crippen LogP contribution in [0.2, 0.25) is 0 Å². The van der Waals surface area contributed by atoms with Crippen LogP contribution in [-0.2, 0) is 11.2 Å². The number of unbranched alkanes of at least 4 members (excludes halogenated alkanes) is 2. The van der Waals surface area contributed by atoms with Gasteiger partial charge in [0.25, 0.3) is 0 Å². The van der Waals surface area contributed by atoms with Gasteiger partial charge in [-0.05, 0) is 78.8 Å². The molecule has 0 saturated heterocycles. The standard InChI is InChI=1S/C27H33FO2S/c1-4-5-6-8-19(2)20-11-13-22(14-12-20)26-21(15-17-24(26)28)9-7-10-23-16-18-25(31-23)27(29)30-3/h11-14,16,18,21H,2,4-10,15,17H2,1,3H3/t21-/m0/s1. The van der Waals surface area contributed by atoms with Crippen LogP contribution in [0.4, 0.5) is 4.39 Å². The number of hydrogen-bond acceptors (Lipinski definition) is 3. The summed E-state index contributed by atoms with van der Waals surface area (Å²) in [5.74, 6) is 0.0260. The number of methoxy groups -OCH3 is 1. The predicted molar refractivity (Wildman–Crippen MR) is 129 cm³/mol. The molecule has 0 saturated carbocycles. The fourth-order valence-electron chi connectivity index (χ4n) is 4.35. The maximum atomic E-state index is 14.7. The number of benzene rings is 1. The highest BCUT2D eigenvalue weighted by molar-refractivity contribution is 7.13. The van der Waals surface area contributed by atoms with Crippen LogP contribution in [0.3, 0.4) is 0 Å². The molecular weight excluding hydrogens is 407 g/mol. The lowest BCUT2D eigenvalue weighted by Gasteiger charge is -2.16. The topological polar surface area (TPSA) is 26.3 Å². The van der Waals surface area contributed by atoms with E-state index in [1.54, 1.807) is 0 Å². The number of esters is 1. The molecule has 1 atom stereocenters. The third kappa shape index (κ3) is 6.16. The number of halogens is 1. The monoisotopic (exact) mass is 440 g/mol. The SMILES string of the molecule is C=C(CCCCC)c1ccc(C2=C(F)CC[C@@H]2CCCc2ccc(C(=O)OC)s2)cc1. The summed E-state index contributed by atoms with van der Waals surface area (Å²) in [5, 5.41) is 0. The number of rotatable bonds is 11. The number of hydrogen-bond donors (Lipinski definition) is 0. The van der Waals surface area contributed by atoms with E-state index >= 15 is 0 Å². The van der Waals surface area contributed by atoms with Crippen LogP contribution in [0.5, 0.6) is 0 Å². The van der Waals surface area contributed by atoms with Crippen molar-refractivity contribution in [2.75, 3.05) is 7.11 Å². The van der Waals surface area contributed by atoms with Gasteiger partial charge in [0.15, 0.2) is 0 Å². The predicted octanol–water partition coefficient (Wildman–Crippen LogP) is 8.24. The van der Waals surface area contributed by atoms with E-state index in [9.17, 15) is 9.18 Å². The van der Waals surface area contributed by atoms with Crippen molar-refractivity contribution in [1.29, 1.82) is 0 Å². The van der Waals surface area contributed by atoms with Gasteiger partial charge in [-0.1, -0.05) is 50.6 Å². The minimum Gasteiger partial charge on any atom is -0.465 e. The van der Waals surface area contributed by atoms with E-state index in [1.807, 2.05) is 12.1 Å². The number of carbonyl (C=O) groups is 1. The first-order chi connectivity index (χ1) is 15.0. The lowest BCUT2D eigenvalue weighted by molar-refractivity contribution is 0.0606. The Morgan fingerprint density at radius 1 is 1.16 bits per heavy atom. The van der Waals surface area contributed by atoms with E-state index in [-0.39, 0.29) is 17.7 Å². The second kappa shape index (κ2) is 11.4. The Kier molecular flexibility index (Phi) is 8.65. The van der Waals surface area contributed by atoms with Crippen molar-refractivity contribution >= 4 is 28.5 Å². The van der Waals surface area contributed by atoms with Gasteiger partial charge in [-0.2, -0.15) is 0 Å². The molecule has 2 aromatic rings. The van der Waals surface area contributed by atoms with Gasteiger partial charge in [0.05, 0.1) is 7.11 Å². The van der Waals surface area contributed by atoms with E-state index in [0.29, 0.717) is 11.3 Å². The van der Waals surface area contributed by atoms with Crippen LogP contribution in [0.25, 0.3) is 11.1 Å². The van der Waals surface area contributed by atoms with Crippen molar-refractivity contribution in [2.45, 2.75) is 64.7 Å². The van der Waals surface area contributed by atoms with Crippen LogP contribution >= 0.6 is 11.3 Å². The Labute approximate surface area is 189 Å². The Morgan fingerprint density at radius 3 is 2.65 bits per heavy atom. The summed E-state index contributed by atoms with van der Waals surface area (Å²) in [4.78, 5) is 13.4. The quantitative estimate of drug-likeness (QED) is 0.260. The highest BCUT2D eigenvalue weighted by Crippen LogP contribution is 2.42. The third-order valence-electron chi connectivity index (χ3n) is 6.12. The Morgan fingerprint density at radius 2 is 1.94 bits per heavy atom. The number of carbonyl (C=O) groups excluding carboxylic acids is 1. The van der Waals surface area contributed by atoms with Crippen molar-refractivity contribution in [3.63, 3.8) is 0 Å². The second-order valence-corrected chi connectivity index (χ2v) is 9.51. The van der Waals surface area contributed by atoms with Gasteiger partial charge in [0.1, 0.15) is 10.7 Å². The van der Waals surface area contributed by atoms with Gasteiger partial charge in [-0.3, -0.25) is 0 Å². The smallest absolute Gasteiger partial charge is 0.348 e. The molecule has 1 aliphatic carbocycles. The van der Waals surface area contributed by atoms with Gasteiger partial charge in [0.2, 0.25) is 0 Å². The molecule has 0 unspecified atom stereocenters. The first kappa shape index (κ1) is 23.5. The first-order valence-electron chi connectivity index (χ1n) is 11.4. The van der Waals surface area contributed by atoms with E-state index in [1.165, 1.54) is 48.2 Å². The summed E-state index contributed by atoms with van der Waals surface area (Å²) >= 11 is 1.49. The van der Waals surface area contributed by atoms with Crippen molar-refractivity contribution < 1.29 is 13.9 Å². The van der Waals surface area contributed by atoms with Gasteiger partial charge < -0.3 is 4.74 Å². The van der Waals surface area contributed by atoms with Gasteiger partial charge in [0, 0.05) is 11.3 Å². The fraction of sp³-hybridized carbons (Fsp3) is 0.444. The summed E-state index contributed by atoms with van der Waals surface area (Å²) in [6.07, 6.45) is 8.89. The third-order valence-corrected chi connectivity index (χ3v) is 7.25. The van der Waals surface area contributed by atoms with Crippen LogP contribution in [0, 0.1) is 5.92 Å². The zero-order chi connectivity index (χ0) is 22.2.